The van der Waals surface area contributed by atoms with Gasteiger partial charge in [-0.15, -0.1) is 0 Å². The second-order valence-electron chi connectivity index (χ2n) is 9.88. The van der Waals surface area contributed by atoms with E-state index in [4.69, 9.17) is 4.74 Å². The van der Waals surface area contributed by atoms with Gasteiger partial charge in [0.15, 0.2) is 0 Å². The van der Waals surface area contributed by atoms with Gasteiger partial charge in [0, 0.05) is 53.8 Å². The largest absolute Gasteiger partial charge is 0.496 e. The van der Waals surface area contributed by atoms with E-state index in [9.17, 15) is 14.3 Å². The molecule has 4 heterocycles. The summed E-state index contributed by atoms with van der Waals surface area (Å²) in [6.07, 6.45) is 8.22. The van der Waals surface area contributed by atoms with E-state index in [-0.39, 0.29) is 11.7 Å². The van der Waals surface area contributed by atoms with Gasteiger partial charge in [-0.25, -0.2) is 14.2 Å². The molecule has 0 spiro atoms. The Morgan fingerprint density at radius 2 is 1.95 bits per heavy atom. The fraction of sp³-hybridized carbons (Fsp3) is 0.233. The number of nitrogens with zero attached hydrogens (tertiary/aromatic N) is 4. The molecule has 198 valence electrons. The predicted molar refractivity (Wildman–Crippen MR) is 146 cm³/mol. The minimum atomic E-state index is -0.860. The fourth-order valence-electron chi connectivity index (χ4n) is 5.42. The smallest absolute Gasteiger partial charge is 0.407 e. The number of rotatable bonds is 6. The minimum absolute atomic E-state index is 0.255. The average Bonchev–Trinajstić information content (AvgIpc) is 3.59. The number of amides is 1. The summed E-state index contributed by atoms with van der Waals surface area (Å²) >= 11 is 0. The van der Waals surface area contributed by atoms with Crippen molar-refractivity contribution in [1.29, 1.82) is 0 Å². The first kappa shape index (κ1) is 24.7. The number of nitrogens with one attached hydrogen (secondary N) is 1. The van der Waals surface area contributed by atoms with E-state index >= 15 is 0 Å². The Labute approximate surface area is 224 Å². The number of benzene rings is 2. The molecule has 8 nitrogen and oxygen atoms in total. The van der Waals surface area contributed by atoms with Gasteiger partial charge in [-0.05, 0) is 59.7 Å². The standard InChI is InChI=1S/C30H28FN5O3/c1-39-28-13-21(5-6-25(28)20-7-9-35(10-8-20)30(37)38)22-12-26-27(16-33-29(26)32-14-22)23-15-34-36(18-23)17-19-3-2-4-24(31)11-19/h2-6,11-16,18,20H,7-10,17H2,1H3,(H,32,33)(H,37,38). The summed E-state index contributed by atoms with van der Waals surface area (Å²) in [4.78, 5) is 20.6. The summed E-state index contributed by atoms with van der Waals surface area (Å²) in [5, 5.41) is 14.7. The van der Waals surface area contributed by atoms with Crippen molar-refractivity contribution >= 4 is 17.1 Å². The topological polar surface area (TPSA) is 96.3 Å². The molecule has 0 atom stereocenters. The SMILES string of the molecule is COc1cc(-c2cnc3[nH]cc(-c4cnn(Cc5cccc(F)c5)c4)c3c2)ccc1C1CCN(C(=O)O)CC1. The number of carbonyl (C=O) groups is 1. The quantitative estimate of drug-likeness (QED) is 0.277. The van der Waals surface area contributed by atoms with Gasteiger partial charge in [-0.3, -0.25) is 4.68 Å². The lowest BCUT2D eigenvalue weighted by molar-refractivity contribution is 0.132. The first-order valence-corrected chi connectivity index (χ1v) is 12.9. The van der Waals surface area contributed by atoms with E-state index < -0.39 is 6.09 Å². The van der Waals surface area contributed by atoms with Gasteiger partial charge in [-0.2, -0.15) is 5.10 Å². The number of hydrogen-bond donors (Lipinski definition) is 2. The first-order chi connectivity index (χ1) is 19.0. The second-order valence-corrected chi connectivity index (χ2v) is 9.88. The highest BCUT2D eigenvalue weighted by Gasteiger charge is 2.25. The van der Waals surface area contributed by atoms with Crippen LogP contribution >= 0.6 is 0 Å². The molecule has 0 radical (unpaired) electrons. The number of fused-ring (bicyclic) bond motifs is 1. The number of carboxylic acid groups (broad SMARTS) is 1. The number of piperidine rings is 1. The lowest BCUT2D eigenvalue weighted by Crippen LogP contribution is -2.36. The van der Waals surface area contributed by atoms with Gasteiger partial charge in [0.05, 0.1) is 19.9 Å². The van der Waals surface area contributed by atoms with Crippen LogP contribution in [0.15, 0.2) is 73.3 Å². The zero-order valence-electron chi connectivity index (χ0n) is 21.5. The number of halogens is 1. The zero-order chi connectivity index (χ0) is 26.9. The molecule has 2 N–H and O–H groups in total. The number of ether oxygens (including phenoxy) is 1. The fourth-order valence-corrected chi connectivity index (χ4v) is 5.42. The summed E-state index contributed by atoms with van der Waals surface area (Å²) in [5.74, 6) is 0.794. The molecule has 3 aromatic heterocycles. The van der Waals surface area contributed by atoms with Crippen LogP contribution in [0.4, 0.5) is 9.18 Å². The molecule has 0 bridgehead atoms. The lowest BCUT2D eigenvalue weighted by atomic mass is 9.88. The molecule has 39 heavy (non-hydrogen) atoms. The average molecular weight is 526 g/mol. The van der Waals surface area contributed by atoms with Crippen molar-refractivity contribution in [2.45, 2.75) is 25.3 Å². The van der Waals surface area contributed by atoms with Crippen LogP contribution in [0.3, 0.4) is 0 Å². The molecule has 6 rings (SSSR count). The van der Waals surface area contributed by atoms with E-state index in [1.54, 1.807) is 17.9 Å². The third-order valence-electron chi connectivity index (χ3n) is 7.48. The van der Waals surface area contributed by atoms with Gasteiger partial charge in [0.25, 0.3) is 0 Å². The molecule has 1 fully saturated rings. The molecule has 0 aliphatic carbocycles. The Hall–Kier alpha value is -4.66. The van der Waals surface area contributed by atoms with Crippen LogP contribution in [-0.4, -0.2) is 56.0 Å². The normalized spacial score (nSPS) is 14.2. The maximum absolute atomic E-state index is 13.6. The van der Waals surface area contributed by atoms with Crippen molar-refractivity contribution in [3.8, 4) is 28.0 Å². The van der Waals surface area contributed by atoms with Gasteiger partial charge < -0.3 is 19.7 Å². The van der Waals surface area contributed by atoms with Crippen LogP contribution in [0.1, 0.15) is 29.9 Å². The van der Waals surface area contributed by atoms with Crippen LogP contribution in [0.25, 0.3) is 33.3 Å². The van der Waals surface area contributed by atoms with E-state index in [1.165, 1.54) is 17.0 Å². The molecule has 2 aromatic carbocycles. The van der Waals surface area contributed by atoms with Crippen molar-refractivity contribution in [2.75, 3.05) is 20.2 Å². The summed E-state index contributed by atoms with van der Waals surface area (Å²) in [7, 11) is 1.67. The summed E-state index contributed by atoms with van der Waals surface area (Å²) < 4.78 is 21.2. The Morgan fingerprint density at radius 3 is 2.72 bits per heavy atom. The predicted octanol–water partition coefficient (Wildman–Crippen LogP) is 6.15. The molecule has 1 saturated heterocycles. The zero-order valence-corrected chi connectivity index (χ0v) is 21.5. The van der Waals surface area contributed by atoms with Crippen LogP contribution in [0.5, 0.6) is 5.75 Å². The van der Waals surface area contributed by atoms with Crippen molar-refractivity contribution in [3.05, 3.63) is 90.3 Å². The van der Waals surface area contributed by atoms with Gasteiger partial charge in [0.2, 0.25) is 0 Å². The Morgan fingerprint density at radius 1 is 1.10 bits per heavy atom. The van der Waals surface area contributed by atoms with E-state index in [2.05, 4.69) is 33.3 Å². The third kappa shape index (κ3) is 4.95. The Bertz CT molecular complexity index is 1650. The molecule has 1 aliphatic rings. The number of likely N-dealkylation sites (tertiary alicyclic amines) is 1. The lowest BCUT2D eigenvalue weighted by Gasteiger charge is -2.31. The highest BCUT2D eigenvalue weighted by Crippen LogP contribution is 2.38. The highest BCUT2D eigenvalue weighted by atomic mass is 19.1. The molecule has 1 aliphatic heterocycles. The van der Waals surface area contributed by atoms with E-state index in [0.29, 0.717) is 19.6 Å². The number of H-pyrrole nitrogens is 1. The molecule has 9 heteroatoms. The summed E-state index contributed by atoms with van der Waals surface area (Å²) in [6.45, 7) is 1.53. The van der Waals surface area contributed by atoms with Crippen LogP contribution in [0.2, 0.25) is 0 Å². The monoisotopic (exact) mass is 525 g/mol. The van der Waals surface area contributed by atoms with Gasteiger partial charge in [-0.1, -0.05) is 24.3 Å². The minimum Gasteiger partial charge on any atom is -0.496 e. The number of aromatic amines is 1. The summed E-state index contributed by atoms with van der Waals surface area (Å²) in [5.41, 5.74) is 6.60. The van der Waals surface area contributed by atoms with E-state index in [1.807, 2.05) is 36.9 Å². The van der Waals surface area contributed by atoms with Crippen molar-refractivity contribution < 1.29 is 19.0 Å². The third-order valence-corrected chi connectivity index (χ3v) is 7.48. The molecule has 5 aromatic rings. The van der Waals surface area contributed by atoms with Crippen LogP contribution < -0.4 is 4.74 Å². The van der Waals surface area contributed by atoms with Crippen molar-refractivity contribution in [3.63, 3.8) is 0 Å². The Balaban J connectivity index is 1.27. The molecule has 0 unspecified atom stereocenters. The number of pyridine rings is 1. The second kappa shape index (κ2) is 10.2. The van der Waals surface area contributed by atoms with Crippen LogP contribution in [0, 0.1) is 5.82 Å². The molecular weight excluding hydrogens is 497 g/mol. The maximum atomic E-state index is 13.6. The van der Waals surface area contributed by atoms with Gasteiger partial charge in [0.1, 0.15) is 17.2 Å². The summed E-state index contributed by atoms with van der Waals surface area (Å²) in [6, 6.07) is 14.8. The van der Waals surface area contributed by atoms with Gasteiger partial charge >= 0.3 is 6.09 Å². The molecule has 0 saturated carbocycles. The first-order valence-electron chi connectivity index (χ1n) is 12.9. The maximum Gasteiger partial charge on any atom is 0.407 e. The van der Waals surface area contributed by atoms with Crippen LogP contribution in [-0.2, 0) is 6.54 Å². The molecular formula is C30H28FN5O3. The highest BCUT2D eigenvalue weighted by molar-refractivity contribution is 5.95. The number of methoxy groups -OCH3 is 1. The van der Waals surface area contributed by atoms with Crippen molar-refractivity contribution in [2.24, 2.45) is 0 Å². The Kier molecular flexibility index (Phi) is 6.48. The van der Waals surface area contributed by atoms with Crippen molar-refractivity contribution in [1.82, 2.24) is 24.6 Å². The molecule has 1 amide bonds. The van der Waals surface area contributed by atoms with E-state index in [0.717, 1.165) is 63.0 Å². The number of aromatic nitrogens is 4. The number of hydrogen-bond acceptors (Lipinski definition) is 4.